The van der Waals surface area contributed by atoms with Crippen LogP contribution in [-0.4, -0.2) is 54.1 Å². The first-order chi connectivity index (χ1) is 14.2. The molecule has 3 heterocycles. The van der Waals surface area contributed by atoms with Crippen LogP contribution in [0.25, 0.3) is 0 Å². The SMILES string of the molecule is Cc1nc(N2C3COCC2C3)ccc1NC1CC2(CC(NC(=O)OC(C)(C)C)C2)C1. The number of fused-ring (bicyclic) bond motifs is 2. The van der Waals surface area contributed by atoms with Gasteiger partial charge in [-0.15, -0.1) is 0 Å². The lowest BCUT2D eigenvalue weighted by Gasteiger charge is -2.58. The molecule has 7 heteroatoms. The fraction of sp³-hybridized carbons (Fsp3) is 0.739. The molecule has 2 bridgehead atoms. The number of anilines is 2. The Kier molecular flexibility index (Phi) is 4.65. The van der Waals surface area contributed by atoms with E-state index >= 15 is 0 Å². The largest absolute Gasteiger partial charge is 0.444 e. The number of nitrogens with one attached hydrogen (secondary N) is 2. The highest BCUT2D eigenvalue weighted by atomic mass is 16.6. The number of hydrogen-bond acceptors (Lipinski definition) is 6. The maximum atomic E-state index is 11.9. The van der Waals surface area contributed by atoms with Crippen LogP contribution in [0.2, 0.25) is 0 Å². The lowest BCUT2D eigenvalue weighted by Crippen LogP contribution is -2.64. The van der Waals surface area contributed by atoms with Gasteiger partial charge in [0.15, 0.2) is 0 Å². The zero-order chi connectivity index (χ0) is 21.1. The topological polar surface area (TPSA) is 75.7 Å². The molecule has 4 aliphatic rings. The van der Waals surface area contributed by atoms with Gasteiger partial charge in [0.2, 0.25) is 0 Å². The highest BCUT2D eigenvalue weighted by Gasteiger charge is 2.53. The number of aryl methyl sites for hydroxylation is 1. The molecule has 1 spiro atoms. The van der Waals surface area contributed by atoms with E-state index in [4.69, 9.17) is 14.5 Å². The van der Waals surface area contributed by atoms with E-state index < -0.39 is 5.60 Å². The molecule has 2 aliphatic carbocycles. The normalized spacial score (nSPS) is 34.5. The molecule has 1 amide bonds. The van der Waals surface area contributed by atoms with Crippen molar-refractivity contribution >= 4 is 17.6 Å². The number of hydrogen-bond donors (Lipinski definition) is 2. The van der Waals surface area contributed by atoms with E-state index in [1.165, 1.54) is 6.42 Å². The first-order valence-electron chi connectivity index (χ1n) is 11.3. The minimum atomic E-state index is -0.444. The minimum Gasteiger partial charge on any atom is -0.444 e. The number of amides is 1. The summed E-state index contributed by atoms with van der Waals surface area (Å²) in [6.07, 6.45) is 5.37. The number of aromatic nitrogens is 1. The van der Waals surface area contributed by atoms with E-state index in [1.807, 2.05) is 20.8 Å². The van der Waals surface area contributed by atoms with Gasteiger partial charge in [-0.25, -0.2) is 9.78 Å². The maximum absolute atomic E-state index is 11.9. The maximum Gasteiger partial charge on any atom is 0.407 e. The first kappa shape index (κ1) is 19.9. The zero-order valence-electron chi connectivity index (χ0n) is 18.5. The third-order valence-electron chi connectivity index (χ3n) is 7.09. The minimum absolute atomic E-state index is 0.253. The van der Waals surface area contributed by atoms with E-state index in [-0.39, 0.29) is 12.1 Å². The summed E-state index contributed by atoms with van der Waals surface area (Å²) in [6, 6.07) is 6.09. The van der Waals surface area contributed by atoms with Gasteiger partial charge >= 0.3 is 6.09 Å². The monoisotopic (exact) mass is 414 g/mol. The smallest absolute Gasteiger partial charge is 0.407 e. The van der Waals surface area contributed by atoms with Crippen molar-refractivity contribution in [2.75, 3.05) is 23.4 Å². The molecule has 2 aliphatic heterocycles. The quantitative estimate of drug-likeness (QED) is 0.784. The lowest BCUT2D eigenvalue weighted by molar-refractivity contribution is -0.0178. The van der Waals surface area contributed by atoms with Crippen LogP contribution in [0.5, 0.6) is 0 Å². The predicted molar refractivity (Wildman–Crippen MR) is 116 cm³/mol. The first-order valence-corrected chi connectivity index (χ1v) is 11.3. The van der Waals surface area contributed by atoms with E-state index in [0.717, 1.165) is 56.1 Å². The van der Waals surface area contributed by atoms with Crippen LogP contribution in [0.3, 0.4) is 0 Å². The Morgan fingerprint density at radius 1 is 1.17 bits per heavy atom. The van der Waals surface area contributed by atoms with Crippen molar-refractivity contribution in [1.29, 1.82) is 0 Å². The van der Waals surface area contributed by atoms with Crippen LogP contribution in [0.1, 0.15) is 58.6 Å². The molecule has 7 nitrogen and oxygen atoms in total. The Bertz CT molecular complexity index is 808. The summed E-state index contributed by atoms with van der Waals surface area (Å²) >= 11 is 0. The van der Waals surface area contributed by atoms with Gasteiger partial charge in [-0.1, -0.05) is 0 Å². The molecular formula is C23H34N4O3. The van der Waals surface area contributed by atoms with E-state index in [0.29, 0.717) is 23.5 Å². The average Bonchev–Trinajstić information content (AvgIpc) is 2.59. The summed E-state index contributed by atoms with van der Waals surface area (Å²) < 4.78 is 10.9. The van der Waals surface area contributed by atoms with Gasteiger partial charge in [0.1, 0.15) is 11.4 Å². The Hall–Kier alpha value is -2.02. The van der Waals surface area contributed by atoms with Crippen molar-refractivity contribution in [2.24, 2.45) is 5.41 Å². The van der Waals surface area contributed by atoms with Crippen LogP contribution in [0.4, 0.5) is 16.3 Å². The Labute approximate surface area is 178 Å². The average molecular weight is 415 g/mol. The molecule has 2 saturated heterocycles. The van der Waals surface area contributed by atoms with Crippen molar-refractivity contribution in [3.05, 3.63) is 17.8 Å². The molecule has 2 atom stereocenters. The number of pyridine rings is 1. The van der Waals surface area contributed by atoms with E-state index in [9.17, 15) is 4.79 Å². The van der Waals surface area contributed by atoms with Crippen LogP contribution < -0.4 is 15.5 Å². The molecule has 30 heavy (non-hydrogen) atoms. The summed E-state index contributed by atoms with van der Waals surface area (Å²) in [7, 11) is 0. The number of alkyl carbamates (subject to hydrolysis) is 1. The number of nitrogens with zero attached hydrogens (tertiary/aromatic N) is 2. The van der Waals surface area contributed by atoms with Crippen LogP contribution in [0, 0.1) is 12.3 Å². The van der Waals surface area contributed by atoms with Gasteiger partial charge in [-0.3, -0.25) is 0 Å². The Morgan fingerprint density at radius 2 is 1.83 bits per heavy atom. The summed E-state index contributed by atoms with van der Waals surface area (Å²) in [5.74, 6) is 1.09. The van der Waals surface area contributed by atoms with Crippen LogP contribution in [-0.2, 0) is 9.47 Å². The highest BCUT2D eigenvalue weighted by molar-refractivity contribution is 5.68. The van der Waals surface area contributed by atoms with Gasteiger partial charge in [0, 0.05) is 12.1 Å². The molecule has 2 N–H and O–H groups in total. The Morgan fingerprint density at radius 3 is 2.43 bits per heavy atom. The number of morpholine rings is 1. The van der Waals surface area contributed by atoms with Crippen molar-refractivity contribution in [1.82, 2.24) is 10.3 Å². The number of carbonyl (C=O) groups is 1. The molecule has 5 rings (SSSR count). The van der Waals surface area contributed by atoms with Gasteiger partial charge in [0.25, 0.3) is 0 Å². The lowest BCUT2D eigenvalue weighted by atomic mass is 9.52. The number of rotatable bonds is 4. The summed E-state index contributed by atoms with van der Waals surface area (Å²) in [4.78, 5) is 19.2. The second-order valence-corrected chi connectivity index (χ2v) is 10.8. The molecule has 1 aromatic rings. The standard InChI is InChI=1S/C23H34N4O3/c1-14-19(5-6-20(24-14)27-17-7-18(27)13-29-12-17)25-15-8-23(9-15)10-16(11-23)26-21(28)30-22(2,3)4/h5-6,15-18,25H,7-13H2,1-4H3,(H,26,28). The molecule has 0 radical (unpaired) electrons. The van der Waals surface area contributed by atoms with Gasteiger partial charge < -0.3 is 25.0 Å². The molecule has 4 fully saturated rings. The number of carbonyl (C=O) groups excluding carboxylic acids is 1. The van der Waals surface area contributed by atoms with Gasteiger partial charge in [-0.2, -0.15) is 0 Å². The fourth-order valence-electron chi connectivity index (χ4n) is 5.76. The number of ether oxygens (including phenoxy) is 2. The van der Waals surface area contributed by atoms with Crippen molar-refractivity contribution in [2.45, 2.75) is 89.6 Å². The zero-order valence-corrected chi connectivity index (χ0v) is 18.5. The van der Waals surface area contributed by atoms with Gasteiger partial charge in [0.05, 0.1) is 36.7 Å². The summed E-state index contributed by atoms with van der Waals surface area (Å²) in [5.41, 5.74) is 2.16. The molecule has 2 saturated carbocycles. The van der Waals surface area contributed by atoms with Crippen LogP contribution in [0.15, 0.2) is 12.1 Å². The Balaban J connectivity index is 1.09. The second kappa shape index (κ2) is 7.01. The van der Waals surface area contributed by atoms with Gasteiger partial charge in [-0.05, 0) is 77.3 Å². The van der Waals surface area contributed by atoms with E-state index in [2.05, 4.69) is 34.6 Å². The van der Waals surface area contributed by atoms with Crippen molar-refractivity contribution in [3.63, 3.8) is 0 Å². The second-order valence-electron chi connectivity index (χ2n) is 10.8. The molecular weight excluding hydrogens is 380 g/mol. The van der Waals surface area contributed by atoms with Crippen molar-refractivity contribution < 1.29 is 14.3 Å². The van der Waals surface area contributed by atoms with Crippen LogP contribution >= 0.6 is 0 Å². The third kappa shape index (κ3) is 3.72. The fourth-order valence-corrected chi connectivity index (χ4v) is 5.76. The molecule has 1 aromatic heterocycles. The molecule has 2 unspecified atom stereocenters. The van der Waals surface area contributed by atoms with Crippen molar-refractivity contribution in [3.8, 4) is 0 Å². The summed E-state index contributed by atoms with van der Waals surface area (Å²) in [6.45, 7) is 9.42. The highest BCUT2D eigenvalue weighted by Crippen LogP contribution is 2.56. The molecule has 164 valence electrons. The van der Waals surface area contributed by atoms with E-state index in [1.54, 1.807) is 0 Å². The summed E-state index contributed by atoms with van der Waals surface area (Å²) in [5, 5.41) is 6.70. The molecule has 0 aromatic carbocycles. The predicted octanol–water partition coefficient (Wildman–Crippen LogP) is 3.62. The third-order valence-corrected chi connectivity index (χ3v) is 7.09.